The molecule has 0 aromatic carbocycles. The summed E-state index contributed by atoms with van der Waals surface area (Å²) in [5.74, 6) is -1.58. The Morgan fingerprint density at radius 3 is 1.59 bits per heavy atom. The van der Waals surface area contributed by atoms with Crippen molar-refractivity contribution >= 4 is 17.9 Å². The number of rotatable bonds is 39. The van der Waals surface area contributed by atoms with Crippen molar-refractivity contribution in [3.8, 4) is 0 Å². The van der Waals surface area contributed by atoms with E-state index < -0.39 is 18.1 Å². The van der Waals surface area contributed by atoms with Gasteiger partial charge in [-0.05, 0) is 64.2 Å². The zero-order valence-electron chi connectivity index (χ0n) is 37.9. The number of nitrogens with zero attached hydrogens (tertiary/aromatic N) is 1. The smallest absolute Gasteiger partial charge is 0.362 e. The summed E-state index contributed by atoms with van der Waals surface area (Å²) in [7, 11) is 5.49. The maximum atomic E-state index is 12.7. The SMILES string of the molecule is CC/C=C/C=C/C=C/C=C/C=C/CCCC(=O)OCC(COCCC(C(=O)O)[N+](C)(C)C)OC(=O)CCCCCCCCCCC/C=C/C/C=C/C/C=C/CCCCC. The van der Waals surface area contributed by atoms with E-state index in [-0.39, 0.29) is 42.7 Å². The van der Waals surface area contributed by atoms with Crippen molar-refractivity contribution in [2.75, 3.05) is 41.0 Å². The number of esters is 2. The molecule has 0 spiro atoms. The minimum atomic E-state index is -0.890. The Bertz CT molecular complexity index is 1280. The molecule has 8 nitrogen and oxygen atoms in total. The number of carboxylic acid groups (broad SMARTS) is 1. The maximum Gasteiger partial charge on any atom is 0.362 e. The fourth-order valence-corrected chi connectivity index (χ4v) is 6.07. The first-order chi connectivity index (χ1) is 28.6. The van der Waals surface area contributed by atoms with Crippen LogP contribution in [-0.4, -0.2) is 80.6 Å². The summed E-state index contributed by atoms with van der Waals surface area (Å²) in [5, 5.41) is 9.62. The largest absolute Gasteiger partial charge is 0.477 e. The quantitative estimate of drug-likeness (QED) is 0.0217. The molecule has 1 N–H and O–H groups in total. The first kappa shape index (κ1) is 55.2. The van der Waals surface area contributed by atoms with E-state index in [1.165, 1.54) is 64.2 Å². The van der Waals surface area contributed by atoms with Gasteiger partial charge in [0.15, 0.2) is 12.1 Å². The van der Waals surface area contributed by atoms with Gasteiger partial charge in [-0.1, -0.05) is 169 Å². The van der Waals surface area contributed by atoms with E-state index in [0.29, 0.717) is 19.3 Å². The lowest BCUT2D eigenvalue weighted by molar-refractivity contribution is -0.887. The fraction of sp³-hybridized carbons (Fsp3) is 0.627. The van der Waals surface area contributed by atoms with E-state index in [2.05, 4.69) is 56.4 Å². The van der Waals surface area contributed by atoms with Gasteiger partial charge in [0, 0.05) is 19.3 Å². The highest BCUT2D eigenvalue weighted by Crippen LogP contribution is 2.14. The Kier molecular flexibility index (Phi) is 38.4. The average molecular weight is 823 g/mol. The summed E-state index contributed by atoms with van der Waals surface area (Å²) in [6.45, 7) is 4.46. The number of unbranched alkanes of at least 4 members (excludes halogenated alkanes) is 13. The minimum absolute atomic E-state index is 0.0300. The Morgan fingerprint density at radius 2 is 1.03 bits per heavy atom. The van der Waals surface area contributed by atoms with Crippen molar-refractivity contribution in [2.45, 2.75) is 167 Å². The van der Waals surface area contributed by atoms with Crippen LogP contribution < -0.4 is 0 Å². The molecule has 0 saturated carbocycles. The van der Waals surface area contributed by atoms with E-state index >= 15 is 0 Å². The number of carbonyl (C=O) groups excluding carboxylic acids is 2. The molecule has 2 atom stereocenters. The number of hydrogen-bond acceptors (Lipinski definition) is 6. The zero-order valence-corrected chi connectivity index (χ0v) is 37.9. The van der Waals surface area contributed by atoms with Crippen LogP contribution in [0.5, 0.6) is 0 Å². The topological polar surface area (TPSA) is 99.1 Å². The van der Waals surface area contributed by atoms with Crippen molar-refractivity contribution in [3.05, 3.63) is 97.2 Å². The highest BCUT2D eigenvalue weighted by Gasteiger charge is 2.31. The van der Waals surface area contributed by atoms with Gasteiger partial charge in [-0.3, -0.25) is 9.59 Å². The number of carboxylic acids is 1. The second-order valence-corrected chi connectivity index (χ2v) is 16.0. The van der Waals surface area contributed by atoms with Crippen molar-refractivity contribution in [3.63, 3.8) is 0 Å². The fourth-order valence-electron chi connectivity index (χ4n) is 6.07. The average Bonchev–Trinajstić information content (AvgIpc) is 3.19. The molecule has 0 aliphatic rings. The van der Waals surface area contributed by atoms with E-state index in [9.17, 15) is 19.5 Å². The molecule has 0 amide bonds. The third-order valence-corrected chi connectivity index (χ3v) is 9.60. The second-order valence-electron chi connectivity index (χ2n) is 16.0. The van der Waals surface area contributed by atoms with Gasteiger partial charge in [-0.2, -0.15) is 0 Å². The summed E-state index contributed by atoms with van der Waals surface area (Å²) in [6.07, 6.45) is 54.6. The highest BCUT2D eigenvalue weighted by molar-refractivity contribution is 5.72. The molecule has 0 rings (SSSR count). The van der Waals surface area contributed by atoms with Crippen molar-refractivity contribution < 1.29 is 38.2 Å². The van der Waals surface area contributed by atoms with Crippen LogP contribution in [0.15, 0.2) is 97.2 Å². The normalized spacial score (nSPS) is 13.8. The molecule has 0 aliphatic heterocycles. The van der Waals surface area contributed by atoms with E-state index in [1.54, 1.807) is 0 Å². The Morgan fingerprint density at radius 1 is 0.542 bits per heavy atom. The molecule has 0 aromatic rings. The Balaban J connectivity index is 4.39. The third-order valence-electron chi connectivity index (χ3n) is 9.60. The van der Waals surface area contributed by atoms with Crippen LogP contribution in [0.2, 0.25) is 0 Å². The Labute approximate surface area is 360 Å². The van der Waals surface area contributed by atoms with Crippen LogP contribution in [0.1, 0.15) is 155 Å². The van der Waals surface area contributed by atoms with Gasteiger partial charge < -0.3 is 23.8 Å². The molecule has 8 heteroatoms. The molecule has 0 bridgehead atoms. The summed E-state index contributed by atoms with van der Waals surface area (Å²) < 4.78 is 17.2. The van der Waals surface area contributed by atoms with Gasteiger partial charge in [-0.15, -0.1) is 0 Å². The molecule has 0 fully saturated rings. The van der Waals surface area contributed by atoms with Gasteiger partial charge in [0.1, 0.15) is 6.61 Å². The molecule has 0 aromatic heterocycles. The van der Waals surface area contributed by atoms with Gasteiger partial charge in [0.25, 0.3) is 0 Å². The monoisotopic (exact) mass is 823 g/mol. The summed E-state index contributed by atoms with van der Waals surface area (Å²) >= 11 is 0. The number of likely N-dealkylation sites (N-methyl/N-ethyl adjacent to an activating group) is 1. The molecule has 0 radical (unpaired) electrons. The minimum Gasteiger partial charge on any atom is -0.477 e. The van der Waals surface area contributed by atoms with Gasteiger partial charge in [0.05, 0.1) is 34.4 Å². The lowest BCUT2D eigenvalue weighted by atomic mass is 10.1. The number of ether oxygens (including phenoxy) is 3. The van der Waals surface area contributed by atoms with Crippen LogP contribution in [0.3, 0.4) is 0 Å². The number of quaternary nitrogens is 1. The number of allylic oxidation sites excluding steroid dienone is 16. The van der Waals surface area contributed by atoms with Crippen molar-refractivity contribution in [1.82, 2.24) is 0 Å². The van der Waals surface area contributed by atoms with Gasteiger partial charge in [-0.25, -0.2) is 4.79 Å². The van der Waals surface area contributed by atoms with Gasteiger partial charge >= 0.3 is 17.9 Å². The predicted octanol–water partition coefficient (Wildman–Crippen LogP) is 12.7. The standard InChI is InChI=1S/C51H83NO7/c1-6-8-10-12-14-16-18-20-21-22-23-24-25-26-27-28-30-32-34-36-38-40-42-50(54)59-47(45-57-44-43-48(51(55)56)52(3,4)5)46-58-49(53)41-39-37-35-33-31-29-19-17-15-13-11-9-7-2/h9,11,13-17,19-21,23-24,29,31,33,35,47-48H,6-8,10,12,18,22,25-28,30,32,34,36-46H2,1-5H3/p+1/b11-9+,15-13+,16-14+,19-17+,21-20+,24-23+,31-29+,35-33+. The van der Waals surface area contributed by atoms with Crippen LogP contribution in [-0.2, 0) is 28.6 Å². The van der Waals surface area contributed by atoms with Crippen LogP contribution in [0.25, 0.3) is 0 Å². The molecular formula is C51H84NO7+. The molecule has 334 valence electrons. The summed E-state index contributed by atoms with van der Waals surface area (Å²) in [5.41, 5.74) is 0. The molecular weight excluding hydrogens is 739 g/mol. The molecule has 59 heavy (non-hydrogen) atoms. The molecule has 0 saturated heterocycles. The second kappa shape index (κ2) is 41.0. The summed E-state index contributed by atoms with van der Waals surface area (Å²) in [4.78, 5) is 37.0. The number of hydrogen-bond donors (Lipinski definition) is 1. The van der Waals surface area contributed by atoms with E-state index in [4.69, 9.17) is 14.2 Å². The third kappa shape index (κ3) is 39.5. The van der Waals surface area contributed by atoms with Crippen LogP contribution in [0, 0.1) is 0 Å². The molecule has 2 unspecified atom stereocenters. The lowest BCUT2D eigenvalue weighted by Crippen LogP contribution is -2.50. The first-order valence-electron chi connectivity index (χ1n) is 22.8. The Hall–Kier alpha value is -3.75. The van der Waals surface area contributed by atoms with Crippen LogP contribution in [0.4, 0.5) is 0 Å². The number of aliphatic carboxylic acids is 1. The lowest BCUT2D eigenvalue weighted by Gasteiger charge is -2.31. The zero-order chi connectivity index (χ0) is 43.5. The highest BCUT2D eigenvalue weighted by atomic mass is 16.6. The first-order valence-corrected chi connectivity index (χ1v) is 22.8. The van der Waals surface area contributed by atoms with Crippen LogP contribution >= 0.6 is 0 Å². The predicted molar refractivity (Wildman–Crippen MR) is 247 cm³/mol. The van der Waals surface area contributed by atoms with Crippen molar-refractivity contribution in [2.24, 2.45) is 0 Å². The number of carbonyl (C=O) groups is 3. The molecule has 0 aliphatic carbocycles. The van der Waals surface area contributed by atoms with E-state index in [1.807, 2.05) is 75.8 Å². The summed E-state index contributed by atoms with van der Waals surface area (Å²) in [6, 6.07) is -0.632. The molecule has 0 heterocycles. The van der Waals surface area contributed by atoms with Crippen molar-refractivity contribution in [1.29, 1.82) is 0 Å². The maximum absolute atomic E-state index is 12.7. The van der Waals surface area contributed by atoms with E-state index in [0.717, 1.165) is 51.4 Å². The van der Waals surface area contributed by atoms with Gasteiger partial charge in [0.2, 0.25) is 0 Å².